The summed E-state index contributed by atoms with van der Waals surface area (Å²) in [7, 11) is 0. The van der Waals surface area contributed by atoms with Crippen LogP contribution in [0.25, 0.3) is 0 Å². The van der Waals surface area contributed by atoms with Gasteiger partial charge in [-0.25, -0.2) is 0 Å². The SMILES string of the molecule is NCCCCCN1CCN(C(=O)C2CCCCC2)CC1. The van der Waals surface area contributed by atoms with Crippen LogP contribution in [-0.4, -0.2) is 55.0 Å². The van der Waals surface area contributed by atoms with E-state index >= 15 is 0 Å². The van der Waals surface area contributed by atoms with Crippen LogP contribution in [0.5, 0.6) is 0 Å². The van der Waals surface area contributed by atoms with E-state index in [1.165, 1.54) is 38.6 Å². The number of unbranched alkanes of at least 4 members (excludes halogenated alkanes) is 2. The van der Waals surface area contributed by atoms with Gasteiger partial charge in [0, 0.05) is 32.1 Å². The highest BCUT2D eigenvalue weighted by molar-refractivity contribution is 5.79. The fourth-order valence-electron chi connectivity index (χ4n) is 3.46. The van der Waals surface area contributed by atoms with E-state index in [1.54, 1.807) is 0 Å². The molecule has 4 nitrogen and oxygen atoms in total. The molecule has 0 radical (unpaired) electrons. The van der Waals surface area contributed by atoms with Gasteiger partial charge in [-0.2, -0.15) is 0 Å². The van der Waals surface area contributed by atoms with Gasteiger partial charge in [-0.3, -0.25) is 9.69 Å². The number of amides is 1. The lowest BCUT2D eigenvalue weighted by molar-refractivity contribution is -0.138. The lowest BCUT2D eigenvalue weighted by atomic mass is 9.88. The third-order valence-electron chi connectivity index (χ3n) is 4.82. The predicted octanol–water partition coefficient (Wildman–Crippen LogP) is 1.84. The Hall–Kier alpha value is -0.610. The highest BCUT2D eigenvalue weighted by atomic mass is 16.2. The van der Waals surface area contributed by atoms with Gasteiger partial charge in [-0.1, -0.05) is 25.7 Å². The number of nitrogens with two attached hydrogens (primary N) is 1. The van der Waals surface area contributed by atoms with Crippen molar-refractivity contribution < 1.29 is 4.79 Å². The summed E-state index contributed by atoms with van der Waals surface area (Å²) in [5, 5.41) is 0. The summed E-state index contributed by atoms with van der Waals surface area (Å²) in [6.07, 6.45) is 9.68. The summed E-state index contributed by atoms with van der Waals surface area (Å²) in [5.41, 5.74) is 5.51. The molecule has 1 aliphatic carbocycles. The largest absolute Gasteiger partial charge is 0.340 e. The maximum atomic E-state index is 12.5. The molecule has 0 aromatic carbocycles. The molecule has 0 aromatic heterocycles. The second-order valence-corrected chi connectivity index (χ2v) is 6.35. The minimum Gasteiger partial charge on any atom is -0.340 e. The zero-order valence-corrected chi connectivity index (χ0v) is 12.9. The monoisotopic (exact) mass is 281 g/mol. The van der Waals surface area contributed by atoms with Crippen LogP contribution in [-0.2, 0) is 4.79 Å². The first kappa shape index (κ1) is 15.8. The van der Waals surface area contributed by atoms with Crippen molar-refractivity contribution in [3.8, 4) is 0 Å². The Balaban J connectivity index is 1.64. The van der Waals surface area contributed by atoms with Crippen molar-refractivity contribution in [1.82, 2.24) is 9.80 Å². The molecule has 2 aliphatic rings. The summed E-state index contributed by atoms with van der Waals surface area (Å²) in [5.74, 6) is 0.771. The molecule has 2 N–H and O–H groups in total. The number of hydrogen-bond acceptors (Lipinski definition) is 3. The number of nitrogens with zero attached hydrogens (tertiary/aromatic N) is 2. The van der Waals surface area contributed by atoms with Crippen molar-refractivity contribution in [2.24, 2.45) is 11.7 Å². The van der Waals surface area contributed by atoms with Crippen molar-refractivity contribution in [3.05, 3.63) is 0 Å². The van der Waals surface area contributed by atoms with Crippen LogP contribution in [0.4, 0.5) is 0 Å². The molecule has 1 saturated carbocycles. The van der Waals surface area contributed by atoms with E-state index in [0.717, 1.165) is 52.0 Å². The minimum absolute atomic E-state index is 0.333. The Morgan fingerprint density at radius 2 is 1.65 bits per heavy atom. The topological polar surface area (TPSA) is 49.6 Å². The van der Waals surface area contributed by atoms with Gasteiger partial charge in [0.05, 0.1) is 0 Å². The van der Waals surface area contributed by atoms with E-state index in [4.69, 9.17) is 5.73 Å². The summed E-state index contributed by atoms with van der Waals surface area (Å²) in [4.78, 5) is 17.1. The van der Waals surface area contributed by atoms with Gasteiger partial charge in [-0.05, 0) is 38.8 Å². The first-order chi connectivity index (χ1) is 9.81. The highest BCUT2D eigenvalue weighted by Crippen LogP contribution is 2.25. The molecule has 0 spiro atoms. The van der Waals surface area contributed by atoms with E-state index in [2.05, 4.69) is 9.80 Å². The first-order valence-electron chi connectivity index (χ1n) is 8.52. The molecule has 1 aliphatic heterocycles. The molecule has 1 saturated heterocycles. The fraction of sp³-hybridized carbons (Fsp3) is 0.938. The molecule has 0 bridgehead atoms. The van der Waals surface area contributed by atoms with E-state index < -0.39 is 0 Å². The average molecular weight is 281 g/mol. The fourth-order valence-corrected chi connectivity index (χ4v) is 3.46. The van der Waals surface area contributed by atoms with Crippen LogP contribution in [0.2, 0.25) is 0 Å². The number of piperazine rings is 1. The molecule has 1 heterocycles. The quantitative estimate of drug-likeness (QED) is 0.756. The highest BCUT2D eigenvalue weighted by Gasteiger charge is 2.28. The van der Waals surface area contributed by atoms with Gasteiger partial charge in [0.1, 0.15) is 0 Å². The Morgan fingerprint density at radius 3 is 2.30 bits per heavy atom. The molecule has 0 aromatic rings. The number of carbonyl (C=O) groups excluding carboxylic acids is 1. The Morgan fingerprint density at radius 1 is 0.950 bits per heavy atom. The summed E-state index contributed by atoms with van der Waals surface area (Å²) in [6, 6.07) is 0. The predicted molar refractivity (Wildman–Crippen MR) is 82.5 cm³/mol. The van der Waals surface area contributed by atoms with Gasteiger partial charge in [0.25, 0.3) is 0 Å². The van der Waals surface area contributed by atoms with Crippen molar-refractivity contribution in [2.75, 3.05) is 39.3 Å². The first-order valence-corrected chi connectivity index (χ1v) is 8.52. The lowest BCUT2D eigenvalue weighted by Gasteiger charge is -2.37. The van der Waals surface area contributed by atoms with E-state index in [0.29, 0.717) is 11.8 Å². The minimum atomic E-state index is 0.333. The van der Waals surface area contributed by atoms with Gasteiger partial charge in [0.2, 0.25) is 5.91 Å². The van der Waals surface area contributed by atoms with E-state index in [9.17, 15) is 4.79 Å². The van der Waals surface area contributed by atoms with E-state index in [-0.39, 0.29) is 0 Å². The third-order valence-corrected chi connectivity index (χ3v) is 4.82. The van der Waals surface area contributed by atoms with Gasteiger partial charge in [-0.15, -0.1) is 0 Å². The van der Waals surface area contributed by atoms with Crippen LogP contribution in [0.3, 0.4) is 0 Å². The Labute approximate surface area is 123 Å². The molecule has 2 fully saturated rings. The maximum Gasteiger partial charge on any atom is 0.225 e. The summed E-state index contributed by atoms with van der Waals surface area (Å²) >= 11 is 0. The molecule has 2 rings (SSSR count). The van der Waals surface area contributed by atoms with Crippen LogP contribution in [0.1, 0.15) is 51.4 Å². The van der Waals surface area contributed by atoms with Crippen molar-refractivity contribution in [3.63, 3.8) is 0 Å². The third kappa shape index (κ3) is 4.74. The van der Waals surface area contributed by atoms with Gasteiger partial charge >= 0.3 is 0 Å². The van der Waals surface area contributed by atoms with Crippen molar-refractivity contribution in [2.45, 2.75) is 51.4 Å². The Kier molecular flexibility index (Phi) is 6.80. The van der Waals surface area contributed by atoms with Crippen LogP contribution in [0.15, 0.2) is 0 Å². The van der Waals surface area contributed by atoms with Crippen molar-refractivity contribution in [1.29, 1.82) is 0 Å². The maximum absolute atomic E-state index is 12.5. The second-order valence-electron chi connectivity index (χ2n) is 6.35. The molecule has 1 amide bonds. The normalized spacial score (nSPS) is 22.1. The van der Waals surface area contributed by atoms with Gasteiger partial charge < -0.3 is 10.6 Å². The molecule has 4 heteroatoms. The van der Waals surface area contributed by atoms with Crippen LogP contribution in [0, 0.1) is 5.92 Å². The zero-order valence-electron chi connectivity index (χ0n) is 12.9. The Bertz CT molecular complexity index is 281. The van der Waals surface area contributed by atoms with E-state index in [1.807, 2.05) is 0 Å². The smallest absolute Gasteiger partial charge is 0.225 e. The van der Waals surface area contributed by atoms with Crippen LogP contribution < -0.4 is 5.73 Å². The number of carbonyl (C=O) groups is 1. The molecular formula is C16H31N3O. The number of hydrogen-bond donors (Lipinski definition) is 1. The summed E-state index contributed by atoms with van der Waals surface area (Å²) < 4.78 is 0. The average Bonchev–Trinajstić information content (AvgIpc) is 2.52. The summed E-state index contributed by atoms with van der Waals surface area (Å²) in [6.45, 7) is 5.97. The van der Waals surface area contributed by atoms with Crippen LogP contribution >= 0.6 is 0 Å². The molecule has 0 unspecified atom stereocenters. The lowest BCUT2D eigenvalue weighted by Crippen LogP contribution is -2.50. The number of rotatable bonds is 6. The standard InChI is InChI=1S/C16H31N3O/c17-9-5-2-6-10-18-11-13-19(14-12-18)16(20)15-7-3-1-4-8-15/h15H,1-14,17H2. The molecule has 116 valence electrons. The molecular weight excluding hydrogens is 250 g/mol. The molecule has 0 atom stereocenters. The van der Waals surface area contributed by atoms with Crippen molar-refractivity contribution >= 4 is 5.91 Å². The zero-order chi connectivity index (χ0) is 14.2. The van der Waals surface area contributed by atoms with Gasteiger partial charge in [0.15, 0.2) is 0 Å². The molecule has 20 heavy (non-hydrogen) atoms. The second kappa shape index (κ2) is 8.63.